The van der Waals surface area contributed by atoms with E-state index in [1.165, 1.54) is 33.6 Å². The van der Waals surface area contributed by atoms with Crippen LogP contribution in [0, 0.1) is 16.7 Å². The summed E-state index contributed by atoms with van der Waals surface area (Å²) in [6.45, 7) is 39.5. The van der Waals surface area contributed by atoms with Gasteiger partial charge in [0.05, 0.1) is 5.76 Å². The van der Waals surface area contributed by atoms with Crippen molar-refractivity contribution in [3.8, 4) is 0 Å². The van der Waals surface area contributed by atoms with Crippen LogP contribution in [0.4, 0.5) is 0 Å². The standard InChI is InChI=1S/C48H68O3.C8H12O4.C5H8O2.C4H10.CH4O/c1-16-38(8)45(49)39(9)42(47(11,12)13)31-29-36(6)27-21-25-34(4)23-19-20-24-35(5)26-22-28-37(7)30-32-43-40(10)46(50)44(33-48(43,14)15)51-41(17-2)18-3;1-6(10)3-8(12,5-9)4-7(2)11;1-5(7)3-2-4-6;1-3-4-2;1-2/h17,19-32,38,44H,16,18,33H2,1-15H3;5,12H,3-4H2,1-2H3;4H,2-3H2,1H3;3-4H2,1-2H3;2H,1H3/b20-19+,25-21+,26-22+,31-29+,32-30+,34-23+,35-24+,36-27+,37-28+,41-17?,42-39-;;;;. The van der Waals surface area contributed by atoms with Crippen LogP contribution in [0.1, 0.15) is 196 Å². The van der Waals surface area contributed by atoms with Gasteiger partial charge in [-0.15, -0.1) is 0 Å². The zero-order chi connectivity index (χ0) is 59.8. The fraction of sp³-hybridized carbons (Fsp3) is 0.530. The Bertz CT molecular complexity index is 2210. The molecule has 1 aliphatic rings. The number of ketones is 5. The van der Waals surface area contributed by atoms with E-state index >= 15 is 0 Å². The van der Waals surface area contributed by atoms with Crippen molar-refractivity contribution in [3.63, 3.8) is 0 Å². The van der Waals surface area contributed by atoms with Gasteiger partial charge in [-0.25, -0.2) is 0 Å². The van der Waals surface area contributed by atoms with Crippen molar-refractivity contribution in [1.82, 2.24) is 0 Å². The molecule has 0 aliphatic heterocycles. The average Bonchev–Trinajstić information content (AvgIpc) is 3.34. The number of aliphatic hydroxyl groups is 2. The van der Waals surface area contributed by atoms with Crippen molar-refractivity contribution >= 4 is 41.5 Å². The van der Waals surface area contributed by atoms with E-state index < -0.39 is 11.7 Å². The van der Waals surface area contributed by atoms with Crippen LogP contribution in [0.3, 0.4) is 0 Å². The maximum absolute atomic E-state index is 13.1. The van der Waals surface area contributed by atoms with E-state index in [4.69, 9.17) is 9.84 Å². The molecular weight excluding hydrogens is 953 g/mol. The normalized spacial score (nSPS) is 16.5. The van der Waals surface area contributed by atoms with Gasteiger partial charge >= 0.3 is 0 Å². The molecule has 0 saturated carbocycles. The predicted molar refractivity (Wildman–Crippen MR) is 319 cm³/mol. The second-order valence-electron chi connectivity index (χ2n) is 21.0. The Morgan fingerprint density at radius 2 is 1.16 bits per heavy atom. The first kappa shape index (κ1) is 76.8. The van der Waals surface area contributed by atoms with E-state index in [0.717, 1.165) is 76.6 Å². The lowest BCUT2D eigenvalue weighted by Gasteiger charge is -2.37. The van der Waals surface area contributed by atoms with Crippen LogP contribution in [-0.4, -0.2) is 70.5 Å². The van der Waals surface area contributed by atoms with Crippen LogP contribution in [-0.2, 0) is 38.3 Å². The number of aldehydes is 2. The summed E-state index contributed by atoms with van der Waals surface area (Å²) in [4.78, 5) is 77.1. The van der Waals surface area contributed by atoms with Crippen LogP contribution in [0.15, 0.2) is 141 Å². The highest BCUT2D eigenvalue weighted by molar-refractivity contribution is 6.01. The number of ether oxygens (including phenoxy) is 1. The number of Topliss-reactive ketones (excluding diaryl/α,β-unsaturated/α-hetero) is 5. The van der Waals surface area contributed by atoms with Gasteiger partial charge in [0.1, 0.15) is 29.2 Å². The molecule has 0 aromatic carbocycles. The molecule has 2 unspecified atom stereocenters. The molecule has 0 heterocycles. The molecule has 0 aromatic heterocycles. The summed E-state index contributed by atoms with van der Waals surface area (Å²) in [6, 6.07) is 0. The molecule has 0 fully saturated rings. The van der Waals surface area contributed by atoms with Crippen LogP contribution in [0.2, 0.25) is 0 Å². The van der Waals surface area contributed by atoms with Gasteiger partial charge in [0, 0.05) is 51.6 Å². The number of hydrogen-bond acceptors (Lipinski definition) is 10. The van der Waals surface area contributed by atoms with Gasteiger partial charge in [-0.05, 0) is 115 Å². The molecule has 2 N–H and O–H groups in total. The average molecular weight is 1060 g/mol. The molecule has 1 aliphatic carbocycles. The van der Waals surface area contributed by atoms with Crippen LogP contribution in [0.25, 0.3) is 0 Å². The molecule has 0 aromatic rings. The Labute approximate surface area is 461 Å². The van der Waals surface area contributed by atoms with Crippen molar-refractivity contribution in [3.05, 3.63) is 141 Å². The Balaban J connectivity index is -0.000000847. The van der Waals surface area contributed by atoms with Gasteiger partial charge in [-0.3, -0.25) is 19.2 Å². The van der Waals surface area contributed by atoms with Crippen LogP contribution in [0.5, 0.6) is 0 Å². The first-order chi connectivity index (χ1) is 35.4. The summed E-state index contributed by atoms with van der Waals surface area (Å²) in [5.41, 5.74) is 6.29. The van der Waals surface area contributed by atoms with Gasteiger partial charge in [0.25, 0.3) is 0 Å². The summed E-state index contributed by atoms with van der Waals surface area (Å²) in [7, 11) is 1.00. The molecule has 76 heavy (non-hydrogen) atoms. The number of aliphatic hydroxyl groups excluding tert-OH is 1. The van der Waals surface area contributed by atoms with E-state index in [0.29, 0.717) is 19.3 Å². The minimum absolute atomic E-state index is 0.0418. The van der Waals surface area contributed by atoms with Crippen molar-refractivity contribution in [1.29, 1.82) is 0 Å². The molecule has 0 amide bonds. The van der Waals surface area contributed by atoms with Crippen LogP contribution < -0.4 is 0 Å². The van der Waals surface area contributed by atoms with Gasteiger partial charge in [0.15, 0.2) is 24.0 Å². The third-order valence-corrected chi connectivity index (χ3v) is 11.8. The first-order valence-electron chi connectivity index (χ1n) is 26.8. The van der Waals surface area contributed by atoms with Crippen molar-refractivity contribution in [2.75, 3.05) is 7.11 Å². The maximum Gasteiger partial charge on any atom is 0.199 e. The van der Waals surface area contributed by atoms with Crippen molar-refractivity contribution < 1.29 is 48.5 Å². The quantitative estimate of drug-likeness (QED) is 0.0388. The zero-order valence-electron chi connectivity index (χ0n) is 51.0. The molecule has 10 heteroatoms. The highest BCUT2D eigenvalue weighted by Gasteiger charge is 2.39. The number of rotatable bonds is 25. The highest BCUT2D eigenvalue weighted by Crippen LogP contribution is 2.41. The van der Waals surface area contributed by atoms with Gasteiger partial charge in [-0.1, -0.05) is 189 Å². The molecule has 1 rings (SSSR count). The molecule has 10 nitrogen and oxygen atoms in total. The fourth-order valence-corrected chi connectivity index (χ4v) is 7.20. The highest BCUT2D eigenvalue weighted by atomic mass is 16.5. The Hall–Kier alpha value is -5.71. The molecule has 0 spiro atoms. The number of carbonyl (C=O) groups is 7. The Kier molecular flexibility index (Phi) is 42.9. The number of allylic oxidation sites excluding steroid dienone is 23. The molecule has 0 radical (unpaired) electrons. The number of hydrogen-bond donors (Lipinski definition) is 2. The van der Waals surface area contributed by atoms with Crippen molar-refractivity contribution in [2.24, 2.45) is 16.7 Å². The summed E-state index contributed by atoms with van der Waals surface area (Å²) < 4.78 is 6.07. The second-order valence-corrected chi connectivity index (χ2v) is 21.0. The van der Waals surface area contributed by atoms with Gasteiger partial charge in [0.2, 0.25) is 0 Å². The van der Waals surface area contributed by atoms with Gasteiger partial charge < -0.3 is 29.3 Å². The van der Waals surface area contributed by atoms with E-state index in [-0.39, 0.29) is 64.8 Å². The molecular formula is C66H102O10. The Morgan fingerprint density at radius 3 is 1.51 bits per heavy atom. The second kappa shape index (κ2) is 42.4. The SMILES string of the molecule is CC(=O)CC(O)(C=O)CC(C)=O.CC(=O)CCC=O.CC=C(CC)OC1CC(C)(C)C(/C=C/C(C)=C/C=C/C(C)=C/C=C/C=C(C)/C=C/C=C(C)/C=C/C(=C(\C)C(=O)C(C)CC)C(C)(C)C)=C(C)C1=O.CCCC.CO. The third-order valence-electron chi connectivity index (χ3n) is 11.8. The minimum Gasteiger partial charge on any atom is -0.487 e. The molecule has 0 saturated heterocycles. The zero-order valence-corrected chi connectivity index (χ0v) is 51.0. The molecule has 0 bridgehead atoms. The molecule has 426 valence electrons. The summed E-state index contributed by atoms with van der Waals surface area (Å²) in [5.74, 6) is 0.682. The van der Waals surface area contributed by atoms with E-state index in [1.807, 2.05) is 40.7 Å². The molecule has 2 atom stereocenters. The first-order valence-corrected chi connectivity index (χ1v) is 26.8. The topological polar surface area (TPSA) is 169 Å². The summed E-state index contributed by atoms with van der Waals surface area (Å²) in [6.07, 6.45) is 36.8. The van der Waals surface area contributed by atoms with E-state index in [1.54, 1.807) is 0 Å². The lowest BCUT2D eigenvalue weighted by molar-refractivity contribution is -0.137. The van der Waals surface area contributed by atoms with E-state index in [2.05, 4.69) is 168 Å². The maximum atomic E-state index is 13.1. The lowest BCUT2D eigenvalue weighted by Crippen LogP contribution is -2.37. The smallest absolute Gasteiger partial charge is 0.199 e. The Morgan fingerprint density at radius 1 is 0.711 bits per heavy atom. The summed E-state index contributed by atoms with van der Waals surface area (Å²) in [5, 5.41) is 16.4. The monoisotopic (exact) mass is 1050 g/mol. The predicted octanol–water partition coefficient (Wildman–Crippen LogP) is 15.4. The van der Waals surface area contributed by atoms with Crippen molar-refractivity contribution in [2.45, 2.75) is 208 Å². The third kappa shape index (κ3) is 36.3. The van der Waals surface area contributed by atoms with Gasteiger partial charge in [-0.2, -0.15) is 0 Å². The number of unbranched alkanes of at least 4 members (excludes halogenated alkanes) is 1. The van der Waals surface area contributed by atoms with Crippen LogP contribution >= 0.6 is 0 Å². The fourth-order valence-electron chi connectivity index (χ4n) is 7.20. The van der Waals surface area contributed by atoms with E-state index in [9.17, 15) is 38.7 Å². The minimum atomic E-state index is -1.79. The lowest BCUT2D eigenvalue weighted by atomic mass is 9.71. The largest absolute Gasteiger partial charge is 0.487 e. The number of carbonyl (C=O) groups excluding carboxylic acids is 7. The summed E-state index contributed by atoms with van der Waals surface area (Å²) >= 11 is 0.